The summed E-state index contributed by atoms with van der Waals surface area (Å²) in [5.74, 6) is 0. The van der Waals surface area contributed by atoms with Gasteiger partial charge < -0.3 is 10.7 Å². The van der Waals surface area contributed by atoms with Gasteiger partial charge in [-0.3, -0.25) is 4.79 Å². The molecule has 0 aliphatic carbocycles. The molecule has 3 nitrogen and oxygen atoms in total. The number of rotatable bonds is 3. The Labute approximate surface area is 94.3 Å². The molecule has 0 saturated carbocycles. The van der Waals surface area contributed by atoms with Gasteiger partial charge in [0, 0.05) is 11.1 Å². The van der Waals surface area contributed by atoms with Crippen molar-refractivity contribution in [1.29, 1.82) is 0 Å². The van der Waals surface area contributed by atoms with Crippen LogP contribution in [0, 0.1) is 0 Å². The Hall–Kier alpha value is -1.61. The summed E-state index contributed by atoms with van der Waals surface area (Å²) in [5, 5.41) is 1.09. The Morgan fingerprint density at radius 1 is 1.31 bits per heavy atom. The number of benzene rings is 1. The predicted molar refractivity (Wildman–Crippen MR) is 66.7 cm³/mol. The molecule has 16 heavy (non-hydrogen) atoms. The average molecular weight is 216 g/mol. The lowest BCUT2D eigenvalue weighted by Gasteiger charge is -2.04. The number of aromatic nitrogens is 1. The van der Waals surface area contributed by atoms with Gasteiger partial charge in [-0.2, -0.15) is 0 Å². The van der Waals surface area contributed by atoms with Crippen LogP contribution in [0.3, 0.4) is 0 Å². The van der Waals surface area contributed by atoms with Gasteiger partial charge in [0.05, 0.1) is 0 Å². The lowest BCUT2D eigenvalue weighted by Crippen LogP contribution is -2.11. The third-order valence-corrected chi connectivity index (χ3v) is 2.80. The minimum absolute atomic E-state index is 0.0153. The molecule has 0 spiro atoms. The zero-order chi connectivity index (χ0) is 11.5. The molecule has 1 aromatic heterocycles. The fourth-order valence-electron chi connectivity index (χ4n) is 1.89. The maximum absolute atomic E-state index is 11.6. The van der Waals surface area contributed by atoms with E-state index in [1.807, 2.05) is 25.1 Å². The van der Waals surface area contributed by atoms with Crippen molar-refractivity contribution in [2.75, 3.05) is 6.54 Å². The smallest absolute Gasteiger partial charge is 0.251 e. The van der Waals surface area contributed by atoms with Gasteiger partial charge in [-0.25, -0.2) is 0 Å². The minimum Gasteiger partial charge on any atom is -0.330 e. The summed E-state index contributed by atoms with van der Waals surface area (Å²) in [6.45, 7) is 2.63. The number of aryl methyl sites for hydroxylation is 1. The third-order valence-electron chi connectivity index (χ3n) is 2.80. The molecular weight excluding hydrogens is 200 g/mol. The van der Waals surface area contributed by atoms with Crippen LogP contribution < -0.4 is 11.3 Å². The molecule has 1 heterocycles. The molecule has 0 saturated heterocycles. The molecule has 2 rings (SSSR count). The number of nitrogens with two attached hydrogens (primary N) is 1. The number of hydrogen-bond acceptors (Lipinski definition) is 2. The largest absolute Gasteiger partial charge is 0.330 e. The van der Waals surface area contributed by atoms with Gasteiger partial charge in [-0.15, -0.1) is 0 Å². The van der Waals surface area contributed by atoms with E-state index in [4.69, 9.17) is 5.73 Å². The minimum atomic E-state index is 0.0153. The maximum Gasteiger partial charge on any atom is 0.251 e. The van der Waals surface area contributed by atoms with Crippen LogP contribution in [0.15, 0.2) is 29.1 Å². The Morgan fingerprint density at radius 3 is 2.81 bits per heavy atom. The van der Waals surface area contributed by atoms with Crippen LogP contribution in [0.2, 0.25) is 0 Å². The summed E-state index contributed by atoms with van der Waals surface area (Å²) in [4.78, 5) is 14.5. The van der Waals surface area contributed by atoms with E-state index in [9.17, 15) is 4.79 Å². The van der Waals surface area contributed by atoms with Crippen LogP contribution in [0.25, 0.3) is 10.9 Å². The molecule has 3 N–H and O–H groups in total. The summed E-state index contributed by atoms with van der Waals surface area (Å²) in [7, 11) is 0. The highest BCUT2D eigenvalue weighted by Crippen LogP contribution is 2.14. The van der Waals surface area contributed by atoms with E-state index >= 15 is 0 Å². The van der Waals surface area contributed by atoms with Crippen molar-refractivity contribution >= 4 is 10.9 Å². The quantitative estimate of drug-likeness (QED) is 0.818. The zero-order valence-electron chi connectivity index (χ0n) is 9.42. The summed E-state index contributed by atoms with van der Waals surface area (Å²) >= 11 is 0. The number of aromatic amines is 1. The van der Waals surface area contributed by atoms with Gasteiger partial charge in [0.15, 0.2) is 0 Å². The third kappa shape index (κ3) is 1.99. The number of fused-ring (bicyclic) bond motifs is 1. The molecule has 2 aromatic rings. The normalized spacial score (nSPS) is 10.9. The molecule has 84 valence electrons. The molecule has 0 bridgehead atoms. The maximum atomic E-state index is 11.6. The molecule has 0 radical (unpaired) electrons. The van der Waals surface area contributed by atoms with Crippen molar-refractivity contribution in [2.45, 2.75) is 19.8 Å². The number of H-pyrrole nitrogens is 1. The van der Waals surface area contributed by atoms with E-state index in [0.29, 0.717) is 6.54 Å². The molecule has 0 aliphatic heterocycles. The monoisotopic (exact) mass is 216 g/mol. The second-order valence-corrected chi connectivity index (χ2v) is 3.94. The fourth-order valence-corrected chi connectivity index (χ4v) is 1.89. The molecular formula is C13H16N2O. The Balaban J connectivity index is 2.59. The second-order valence-electron chi connectivity index (χ2n) is 3.94. The van der Waals surface area contributed by atoms with Crippen molar-refractivity contribution in [3.8, 4) is 0 Å². The Kier molecular flexibility index (Phi) is 3.06. The molecule has 3 heteroatoms. The lowest BCUT2D eigenvalue weighted by atomic mass is 10.1. The lowest BCUT2D eigenvalue weighted by molar-refractivity contribution is 0.970. The van der Waals surface area contributed by atoms with Crippen LogP contribution in [0.5, 0.6) is 0 Å². The fraction of sp³-hybridized carbons (Fsp3) is 0.308. The van der Waals surface area contributed by atoms with Gasteiger partial charge in [-0.05, 0) is 48.5 Å². The molecule has 0 aliphatic rings. The van der Waals surface area contributed by atoms with Crippen molar-refractivity contribution in [2.24, 2.45) is 5.73 Å². The van der Waals surface area contributed by atoms with E-state index in [-0.39, 0.29) is 5.56 Å². The second kappa shape index (κ2) is 4.49. The van der Waals surface area contributed by atoms with Gasteiger partial charge in [0.25, 0.3) is 5.56 Å². The van der Waals surface area contributed by atoms with Crippen molar-refractivity contribution in [3.63, 3.8) is 0 Å². The summed E-state index contributed by atoms with van der Waals surface area (Å²) < 4.78 is 0. The van der Waals surface area contributed by atoms with Crippen LogP contribution in [-0.4, -0.2) is 11.5 Å². The first kappa shape index (κ1) is 10.9. The molecule has 0 unspecified atom stereocenters. The van der Waals surface area contributed by atoms with E-state index in [1.165, 1.54) is 5.56 Å². The average Bonchev–Trinajstić information content (AvgIpc) is 2.29. The van der Waals surface area contributed by atoms with Crippen LogP contribution in [0.4, 0.5) is 0 Å². The number of hydrogen-bond donors (Lipinski definition) is 2. The SMILES string of the molecule is CCc1cc2cc(CCN)ccc2[nH]c1=O. The Morgan fingerprint density at radius 2 is 2.12 bits per heavy atom. The van der Waals surface area contributed by atoms with Gasteiger partial charge >= 0.3 is 0 Å². The molecule has 0 fully saturated rings. The van der Waals surface area contributed by atoms with Crippen molar-refractivity contribution in [3.05, 3.63) is 45.7 Å². The van der Waals surface area contributed by atoms with E-state index in [2.05, 4.69) is 11.1 Å². The highest BCUT2D eigenvalue weighted by molar-refractivity contribution is 5.79. The summed E-state index contributed by atoms with van der Waals surface area (Å²) in [6, 6.07) is 8.02. The standard InChI is InChI=1S/C13H16N2O/c1-2-10-8-11-7-9(5-6-14)3-4-12(11)15-13(10)16/h3-4,7-8H,2,5-6,14H2,1H3,(H,15,16). The predicted octanol–water partition coefficient (Wildman–Crippen LogP) is 1.59. The number of nitrogens with one attached hydrogen (secondary N) is 1. The molecule has 0 amide bonds. The van der Waals surface area contributed by atoms with E-state index in [1.54, 1.807) is 0 Å². The highest BCUT2D eigenvalue weighted by atomic mass is 16.1. The molecule has 0 atom stereocenters. The van der Waals surface area contributed by atoms with Crippen LogP contribution in [0.1, 0.15) is 18.1 Å². The van der Waals surface area contributed by atoms with Crippen molar-refractivity contribution in [1.82, 2.24) is 4.98 Å². The van der Waals surface area contributed by atoms with E-state index in [0.717, 1.165) is 29.3 Å². The first-order valence-corrected chi connectivity index (χ1v) is 5.59. The van der Waals surface area contributed by atoms with E-state index < -0.39 is 0 Å². The molecule has 1 aromatic carbocycles. The number of pyridine rings is 1. The topological polar surface area (TPSA) is 58.9 Å². The first-order chi connectivity index (χ1) is 7.74. The van der Waals surface area contributed by atoms with Gasteiger partial charge in [0.2, 0.25) is 0 Å². The summed E-state index contributed by atoms with van der Waals surface area (Å²) in [5.41, 5.74) is 8.48. The van der Waals surface area contributed by atoms with Crippen LogP contribution in [-0.2, 0) is 12.8 Å². The highest BCUT2D eigenvalue weighted by Gasteiger charge is 2.01. The van der Waals surface area contributed by atoms with Crippen molar-refractivity contribution < 1.29 is 0 Å². The van der Waals surface area contributed by atoms with Gasteiger partial charge in [0.1, 0.15) is 0 Å². The zero-order valence-corrected chi connectivity index (χ0v) is 9.42. The summed E-state index contributed by atoms with van der Waals surface area (Å²) in [6.07, 6.45) is 1.63. The Bertz CT molecular complexity index is 557. The van der Waals surface area contributed by atoms with Gasteiger partial charge in [-0.1, -0.05) is 13.0 Å². The first-order valence-electron chi connectivity index (χ1n) is 5.59. The van der Waals surface area contributed by atoms with Crippen LogP contribution >= 0.6 is 0 Å².